The summed E-state index contributed by atoms with van der Waals surface area (Å²) in [6.45, 7) is 3.54. The summed E-state index contributed by atoms with van der Waals surface area (Å²) >= 11 is 0. The van der Waals surface area contributed by atoms with Gasteiger partial charge in [0.15, 0.2) is 0 Å². The van der Waals surface area contributed by atoms with E-state index in [1.807, 2.05) is 4.90 Å². The molecule has 12 heteroatoms. The van der Waals surface area contributed by atoms with Crippen molar-refractivity contribution in [1.82, 2.24) is 4.90 Å². The molecule has 9 nitrogen and oxygen atoms in total. The Morgan fingerprint density at radius 1 is 1.00 bits per heavy atom. The molecule has 1 fully saturated rings. The van der Waals surface area contributed by atoms with Crippen molar-refractivity contribution in [1.29, 1.82) is 0 Å². The highest BCUT2D eigenvalue weighted by molar-refractivity contribution is 6.07. The fourth-order valence-electron chi connectivity index (χ4n) is 4.47. The monoisotopic (exact) mass is 492 g/mol. The molecule has 186 valence electrons. The summed E-state index contributed by atoms with van der Waals surface area (Å²) in [6, 6.07) is 8.06. The highest BCUT2D eigenvalue weighted by Gasteiger charge is 2.33. The molecule has 2 heterocycles. The first kappa shape index (κ1) is 24.3. The summed E-state index contributed by atoms with van der Waals surface area (Å²) in [5, 5.41) is 11.8. The van der Waals surface area contributed by atoms with Gasteiger partial charge in [0.2, 0.25) is 5.91 Å². The summed E-state index contributed by atoms with van der Waals surface area (Å²) in [4.78, 5) is 41.0. The quantitative estimate of drug-likeness (QED) is 0.477. The minimum atomic E-state index is -4.82. The van der Waals surface area contributed by atoms with Gasteiger partial charge in [-0.2, -0.15) is 0 Å². The molecule has 2 aliphatic heterocycles. The van der Waals surface area contributed by atoms with Crippen LogP contribution in [0.3, 0.4) is 0 Å². The molecule has 2 aromatic carbocycles. The molecule has 0 N–H and O–H groups in total. The standard InChI is InChI=1S/C23H23F3N4O5/c1-15(31)27-9-11-28(12-10-27)20-6-4-17(14-21(20)30(33)34)22(32)29-8-2-3-16-13-18(5-7-19(16)29)35-23(24,25)26/h4-7,13-14H,2-3,8-12H2,1H3. The summed E-state index contributed by atoms with van der Waals surface area (Å²) in [6.07, 6.45) is -3.83. The van der Waals surface area contributed by atoms with Crippen LogP contribution in [0.1, 0.15) is 29.3 Å². The maximum Gasteiger partial charge on any atom is 0.573 e. The lowest BCUT2D eigenvalue weighted by Crippen LogP contribution is -2.48. The van der Waals surface area contributed by atoms with Crippen molar-refractivity contribution in [2.24, 2.45) is 0 Å². The van der Waals surface area contributed by atoms with Gasteiger partial charge in [0.25, 0.3) is 11.6 Å². The molecule has 2 aliphatic rings. The maximum atomic E-state index is 13.3. The van der Waals surface area contributed by atoms with E-state index in [1.54, 1.807) is 4.90 Å². The van der Waals surface area contributed by atoms with Gasteiger partial charge in [0.05, 0.1) is 4.92 Å². The molecular formula is C23H23F3N4O5. The van der Waals surface area contributed by atoms with E-state index in [-0.39, 0.29) is 22.9 Å². The molecule has 0 aromatic heterocycles. The number of carbonyl (C=O) groups is 2. The van der Waals surface area contributed by atoms with Gasteiger partial charge >= 0.3 is 6.36 Å². The van der Waals surface area contributed by atoms with Crippen molar-refractivity contribution in [2.75, 3.05) is 42.5 Å². The van der Waals surface area contributed by atoms with Gasteiger partial charge in [-0.05, 0) is 48.7 Å². The van der Waals surface area contributed by atoms with Crippen molar-refractivity contribution in [3.8, 4) is 5.75 Å². The number of aryl methyl sites for hydroxylation is 1. The molecule has 0 bridgehead atoms. The van der Waals surface area contributed by atoms with Crippen molar-refractivity contribution >= 4 is 28.9 Å². The third-order valence-corrected chi connectivity index (χ3v) is 6.13. The molecule has 4 rings (SSSR count). The smallest absolute Gasteiger partial charge is 0.406 e. The van der Waals surface area contributed by atoms with E-state index >= 15 is 0 Å². The Balaban J connectivity index is 1.58. The number of hydrogen-bond donors (Lipinski definition) is 0. The van der Waals surface area contributed by atoms with Crippen LogP contribution in [-0.4, -0.2) is 60.7 Å². The third kappa shape index (κ3) is 5.31. The molecule has 0 unspecified atom stereocenters. The number of benzene rings is 2. The first-order valence-electron chi connectivity index (χ1n) is 11.0. The van der Waals surface area contributed by atoms with Gasteiger partial charge in [-0.25, -0.2) is 0 Å². The molecule has 35 heavy (non-hydrogen) atoms. The minimum absolute atomic E-state index is 0.0565. The van der Waals surface area contributed by atoms with E-state index < -0.39 is 17.2 Å². The number of alkyl halides is 3. The molecule has 0 saturated carbocycles. The lowest BCUT2D eigenvalue weighted by atomic mass is 10.00. The second-order valence-electron chi connectivity index (χ2n) is 8.35. The van der Waals surface area contributed by atoms with E-state index in [9.17, 15) is 32.9 Å². The lowest BCUT2D eigenvalue weighted by Gasteiger charge is -2.35. The van der Waals surface area contributed by atoms with Crippen LogP contribution >= 0.6 is 0 Å². The summed E-state index contributed by atoms with van der Waals surface area (Å²) in [5.41, 5.74) is 1.22. The average Bonchev–Trinajstić information content (AvgIpc) is 2.81. The van der Waals surface area contributed by atoms with Gasteiger partial charge in [0, 0.05) is 57.0 Å². The Bertz CT molecular complexity index is 1160. The van der Waals surface area contributed by atoms with Crippen molar-refractivity contribution in [2.45, 2.75) is 26.1 Å². The van der Waals surface area contributed by atoms with Gasteiger partial charge < -0.3 is 19.4 Å². The second kappa shape index (κ2) is 9.43. The van der Waals surface area contributed by atoms with Crippen LogP contribution in [0.4, 0.5) is 30.2 Å². The van der Waals surface area contributed by atoms with E-state index in [1.165, 1.54) is 42.2 Å². The van der Waals surface area contributed by atoms with Crippen LogP contribution in [0.5, 0.6) is 5.75 Å². The summed E-state index contributed by atoms with van der Waals surface area (Å²) < 4.78 is 41.7. The number of nitrogens with zero attached hydrogens (tertiary/aromatic N) is 4. The fourth-order valence-corrected chi connectivity index (χ4v) is 4.47. The van der Waals surface area contributed by atoms with Gasteiger partial charge in [0.1, 0.15) is 11.4 Å². The van der Waals surface area contributed by atoms with Crippen LogP contribution in [0.15, 0.2) is 36.4 Å². The van der Waals surface area contributed by atoms with Crippen molar-refractivity contribution < 1.29 is 32.4 Å². The zero-order valence-corrected chi connectivity index (χ0v) is 18.9. The maximum absolute atomic E-state index is 13.3. The summed E-state index contributed by atoms with van der Waals surface area (Å²) in [5.74, 6) is -0.902. The first-order chi connectivity index (χ1) is 16.5. The number of nitro groups is 1. The zero-order chi connectivity index (χ0) is 25.3. The number of rotatable bonds is 4. The number of carbonyl (C=O) groups excluding carboxylic acids is 2. The largest absolute Gasteiger partial charge is 0.573 e. The average molecular weight is 492 g/mol. The first-order valence-corrected chi connectivity index (χ1v) is 11.0. The van der Waals surface area contributed by atoms with Gasteiger partial charge in [-0.15, -0.1) is 13.2 Å². The normalized spacial score (nSPS) is 16.1. The van der Waals surface area contributed by atoms with Crippen LogP contribution in [0, 0.1) is 10.1 Å². The highest BCUT2D eigenvalue weighted by Crippen LogP contribution is 2.35. The number of hydrogen-bond acceptors (Lipinski definition) is 6. The van der Waals surface area contributed by atoms with E-state index in [2.05, 4.69) is 4.74 Å². The van der Waals surface area contributed by atoms with Gasteiger partial charge in [-0.1, -0.05) is 0 Å². The number of ether oxygens (including phenoxy) is 1. The Morgan fingerprint density at radius 2 is 1.69 bits per heavy atom. The minimum Gasteiger partial charge on any atom is -0.406 e. The molecule has 0 spiro atoms. The second-order valence-corrected chi connectivity index (χ2v) is 8.35. The van der Waals surface area contributed by atoms with Crippen LogP contribution in [0.25, 0.3) is 0 Å². The predicted molar refractivity (Wildman–Crippen MR) is 121 cm³/mol. The Hall–Kier alpha value is -3.83. The predicted octanol–water partition coefficient (Wildman–Crippen LogP) is 3.75. The van der Waals surface area contributed by atoms with E-state index in [0.29, 0.717) is 62.5 Å². The molecule has 0 aliphatic carbocycles. The van der Waals surface area contributed by atoms with Crippen molar-refractivity contribution in [3.05, 3.63) is 57.6 Å². The molecule has 2 aromatic rings. The number of anilines is 2. The van der Waals surface area contributed by atoms with Gasteiger partial charge in [-0.3, -0.25) is 19.7 Å². The highest BCUT2D eigenvalue weighted by atomic mass is 19.4. The SMILES string of the molecule is CC(=O)N1CCN(c2ccc(C(=O)N3CCCc4cc(OC(F)(F)F)ccc43)cc2[N+](=O)[O-])CC1. The van der Waals surface area contributed by atoms with E-state index in [4.69, 9.17) is 0 Å². The number of piperazine rings is 1. The third-order valence-electron chi connectivity index (χ3n) is 6.13. The molecule has 0 radical (unpaired) electrons. The molecule has 0 atom stereocenters. The molecule has 1 saturated heterocycles. The van der Waals surface area contributed by atoms with E-state index in [0.717, 1.165) is 6.07 Å². The number of nitro benzene ring substituents is 1. The summed E-state index contributed by atoms with van der Waals surface area (Å²) in [7, 11) is 0. The Morgan fingerprint density at radius 3 is 2.31 bits per heavy atom. The fraction of sp³-hybridized carbons (Fsp3) is 0.391. The Kier molecular flexibility index (Phi) is 6.55. The van der Waals surface area contributed by atoms with Crippen molar-refractivity contribution in [3.63, 3.8) is 0 Å². The topological polar surface area (TPSA) is 96.2 Å². The number of fused-ring (bicyclic) bond motifs is 1. The van der Waals surface area contributed by atoms with Crippen LogP contribution in [-0.2, 0) is 11.2 Å². The number of amides is 2. The van der Waals surface area contributed by atoms with Crippen LogP contribution < -0.4 is 14.5 Å². The Labute approximate surface area is 198 Å². The zero-order valence-electron chi connectivity index (χ0n) is 18.9. The molecular weight excluding hydrogens is 469 g/mol. The molecule has 2 amide bonds. The van der Waals surface area contributed by atoms with Crippen LogP contribution in [0.2, 0.25) is 0 Å². The number of halogens is 3. The lowest BCUT2D eigenvalue weighted by molar-refractivity contribution is -0.384.